The normalized spacial score (nSPS) is 10.9. The molecule has 0 bridgehead atoms. The molecule has 0 atom stereocenters. The van der Waals surface area contributed by atoms with Crippen LogP contribution in [0.4, 0.5) is 0 Å². The molecule has 0 amide bonds. The number of nitrogens with one attached hydrogen (secondary N) is 1. The minimum absolute atomic E-state index is 0.462. The van der Waals surface area contributed by atoms with E-state index in [-0.39, 0.29) is 0 Å². The lowest BCUT2D eigenvalue weighted by Crippen LogP contribution is -2.17. The maximum absolute atomic E-state index is 6.51. The van der Waals surface area contributed by atoms with Crippen LogP contribution in [0.5, 0.6) is 11.5 Å². The first kappa shape index (κ1) is 22.4. The van der Waals surface area contributed by atoms with E-state index in [1.54, 1.807) is 16.4 Å². The van der Waals surface area contributed by atoms with Gasteiger partial charge >= 0.3 is 0 Å². The highest BCUT2D eigenvalue weighted by Gasteiger charge is 2.12. The van der Waals surface area contributed by atoms with E-state index in [1.807, 2.05) is 38.2 Å². The molecule has 0 saturated carbocycles. The monoisotopic (exact) mass is 447 g/mol. The maximum Gasteiger partial charge on any atom is 0.209 e. The number of rotatable bonds is 11. The molecule has 30 heavy (non-hydrogen) atoms. The van der Waals surface area contributed by atoms with Crippen LogP contribution in [0.2, 0.25) is 5.02 Å². The summed E-state index contributed by atoms with van der Waals surface area (Å²) >= 11 is 8.11. The first-order valence-corrected chi connectivity index (χ1v) is 11.1. The van der Waals surface area contributed by atoms with Crippen LogP contribution in [-0.4, -0.2) is 39.1 Å². The Morgan fingerprint density at radius 3 is 2.73 bits per heavy atom. The van der Waals surface area contributed by atoms with E-state index < -0.39 is 0 Å². The van der Waals surface area contributed by atoms with E-state index in [4.69, 9.17) is 21.1 Å². The molecule has 3 rings (SSSR count). The smallest absolute Gasteiger partial charge is 0.209 e. The summed E-state index contributed by atoms with van der Waals surface area (Å²) in [6.07, 6.45) is 0. The fourth-order valence-electron chi connectivity index (χ4n) is 2.84. The first-order chi connectivity index (χ1) is 14.6. The largest absolute Gasteiger partial charge is 0.490 e. The highest BCUT2D eigenvalue weighted by molar-refractivity contribution is 7.99. The Bertz CT molecular complexity index is 966. The van der Waals surface area contributed by atoms with Crippen molar-refractivity contribution in [2.75, 3.05) is 18.9 Å². The summed E-state index contributed by atoms with van der Waals surface area (Å²) in [5.74, 6) is 2.20. The quantitative estimate of drug-likeness (QED) is 0.351. The molecular formula is C21H26ClN5O2S. The third-order valence-corrected chi connectivity index (χ3v) is 5.66. The van der Waals surface area contributed by atoms with E-state index in [1.165, 1.54) is 5.56 Å². The molecule has 0 radical (unpaired) electrons. The maximum atomic E-state index is 6.51. The summed E-state index contributed by atoms with van der Waals surface area (Å²) in [6.45, 7) is 6.46. The van der Waals surface area contributed by atoms with Crippen LogP contribution in [0.3, 0.4) is 0 Å². The molecule has 2 aromatic carbocycles. The van der Waals surface area contributed by atoms with Gasteiger partial charge in [-0.05, 0) is 41.5 Å². The van der Waals surface area contributed by atoms with Gasteiger partial charge in [-0.2, -0.15) is 0 Å². The highest BCUT2D eigenvalue weighted by atomic mass is 35.5. The third-order valence-electron chi connectivity index (χ3n) is 4.30. The second-order valence-corrected chi connectivity index (χ2v) is 8.18. The van der Waals surface area contributed by atoms with E-state index in [0.717, 1.165) is 28.6 Å². The molecule has 0 saturated heterocycles. The zero-order valence-corrected chi connectivity index (χ0v) is 19.0. The molecule has 0 aliphatic heterocycles. The number of hydrogen-bond acceptors (Lipinski definition) is 7. The number of halogens is 1. The average Bonchev–Trinajstić information content (AvgIpc) is 3.13. The van der Waals surface area contributed by atoms with Gasteiger partial charge in [0.25, 0.3) is 0 Å². The van der Waals surface area contributed by atoms with Crippen LogP contribution in [0.25, 0.3) is 0 Å². The number of aromatic nitrogens is 4. The molecule has 0 spiro atoms. The zero-order valence-electron chi connectivity index (χ0n) is 17.4. The van der Waals surface area contributed by atoms with Crippen molar-refractivity contribution < 1.29 is 9.47 Å². The number of tetrazole rings is 1. The van der Waals surface area contributed by atoms with E-state index >= 15 is 0 Å². The number of thioether (sulfide) groups is 1. The second kappa shape index (κ2) is 11.2. The van der Waals surface area contributed by atoms with Gasteiger partial charge in [-0.15, -0.1) is 5.10 Å². The first-order valence-electron chi connectivity index (χ1n) is 9.76. The third kappa shape index (κ3) is 6.35. The van der Waals surface area contributed by atoms with Crippen molar-refractivity contribution in [2.24, 2.45) is 7.05 Å². The fraction of sp³-hybridized carbons (Fsp3) is 0.381. The van der Waals surface area contributed by atoms with Crippen molar-refractivity contribution in [3.63, 3.8) is 0 Å². The molecule has 1 N–H and O–H groups in total. The predicted molar refractivity (Wildman–Crippen MR) is 119 cm³/mol. The summed E-state index contributed by atoms with van der Waals surface area (Å²) in [7, 11) is 1.83. The summed E-state index contributed by atoms with van der Waals surface area (Å²) in [4.78, 5) is 0. The highest BCUT2D eigenvalue weighted by Crippen LogP contribution is 2.34. The number of aryl methyl sites for hydroxylation is 2. The van der Waals surface area contributed by atoms with Gasteiger partial charge in [0.05, 0.1) is 6.61 Å². The molecule has 9 heteroatoms. The van der Waals surface area contributed by atoms with Crippen molar-refractivity contribution in [3.05, 3.63) is 58.1 Å². The van der Waals surface area contributed by atoms with Crippen molar-refractivity contribution >= 4 is 23.4 Å². The van der Waals surface area contributed by atoms with Crippen molar-refractivity contribution in [1.29, 1.82) is 0 Å². The van der Waals surface area contributed by atoms with Crippen molar-refractivity contribution in [1.82, 2.24) is 25.5 Å². The lowest BCUT2D eigenvalue weighted by atomic mass is 10.1. The predicted octanol–water partition coefficient (Wildman–Crippen LogP) is 4.03. The SMILES string of the molecule is CCOc1cc(CNCCSc2nnnn2C)c(Cl)cc1OCc1cccc(C)c1. The summed E-state index contributed by atoms with van der Waals surface area (Å²) in [6, 6.07) is 12.0. The number of ether oxygens (including phenoxy) is 2. The molecular weight excluding hydrogens is 422 g/mol. The summed E-state index contributed by atoms with van der Waals surface area (Å²) in [5.41, 5.74) is 3.28. The van der Waals surface area contributed by atoms with Gasteiger partial charge in [-0.3, -0.25) is 0 Å². The number of nitrogens with zero attached hydrogens (tertiary/aromatic N) is 4. The van der Waals surface area contributed by atoms with Crippen molar-refractivity contribution in [3.8, 4) is 11.5 Å². The Morgan fingerprint density at radius 1 is 1.17 bits per heavy atom. The van der Waals surface area contributed by atoms with E-state index in [0.29, 0.717) is 36.3 Å². The van der Waals surface area contributed by atoms with Crippen molar-refractivity contribution in [2.45, 2.75) is 32.2 Å². The minimum atomic E-state index is 0.462. The minimum Gasteiger partial charge on any atom is -0.490 e. The van der Waals surface area contributed by atoms with Crippen LogP contribution in [0.15, 0.2) is 41.6 Å². The molecule has 0 aliphatic carbocycles. The molecule has 0 unspecified atom stereocenters. The van der Waals surface area contributed by atoms with Gasteiger partial charge < -0.3 is 14.8 Å². The van der Waals surface area contributed by atoms with Gasteiger partial charge in [0.2, 0.25) is 5.16 Å². The van der Waals surface area contributed by atoms with Crippen LogP contribution in [0, 0.1) is 6.92 Å². The number of benzene rings is 2. The van der Waals surface area contributed by atoms with Crippen LogP contribution in [-0.2, 0) is 20.2 Å². The Kier molecular flexibility index (Phi) is 8.36. The van der Waals surface area contributed by atoms with Gasteiger partial charge in [-0.1, -0.05) is 53.2 Å². The van der Waals surface area contributed by atoms with Gasteiger partial charge in [0, 0.05) is 37.0 Å². The molecule has 0 fully saturated rings. The molecule has 1 aromatic heterocycles. The summed E-state index contributed by atoms with van der Waals surface area (Å²) in [5, 5.41) is 16.3. The topological polar surface area (TPSA) is 74.1 Å². The zero-order chi connectivity index (χ0) is 21.3. The van der Waals surface area contributed by atoms with Crippen LogP contribution in [0.1, 0.15) is 23.6 Å². The van der Waals surface area contributed by atoms with Crippen LogP contribution < -0.4 is 14.8 Å². The second-order valence-electron chi connectivity index (χ2n) is 6.71. The standard InChI is InChI=1S/C21H26ClN5O2S/c1-4-28-19-11-17(13-23-8-9-30-21-24-25-26-27(21)3)18(22)12-20(19)29-14-16-7-5-6-15(2)10-16/h5-7,10-12,23H,4,8-9,13-14H2,1-3H3. The van der Waals surface area contributed by atoms with Gasteiger partial charge in [0.15, 0.2) is 11.5 Å². The lowest BCUT2D eigenvalue weighted by molar-refractivity contribution is 0.269. The van der Waals surface area contributed by atoms with Gasteiger partial charge in [-0.25, -0.2) is 4.68 Å². The fourth-order valence-corrected chi connectivity index (χ4v) is 3.80. The Balaban J connectivity index is 1.57. The average molecular weight is 448 g/mol. The molecule has 0 aliphatic rings. The summed E-state index contributed by atoms with van der Waals surface area (Å²) < 4.78 is 13.5. The molecule has 1 heterocycles. The number of hydrogen-bond donors (Lipinski definition) is 1. The Morgan fingerprint density at radius 2 is 2.00 bits per heavy atom. The lowest BCUT2D eigenvalue weighted by Gasteiger charge is -2.15. The molecule has 3 aromatic rings. The van der Waals surface area contributed by atoms with E-state index in [2.05, 4.69) is 39.9 Å². The Hall–Kier alpha value is -2.29. The Labute approximate surface area is 186 Å². The molecule has 160 valence electrons. The van der Waals surface area contributed by atoms with Gasteiger partial charge in [0.1, 0.15) is 6.61 Å². The molecule has 7 nitrogen and oxygen atoms in total. The van der Waals surface area contributed by atoms with Crippen LogP contribution >= 0.6 is 23.4 Å². The van der Waals surface area contributed by atoms with E-state index in [9.17, 15) is 0 Å².